The number of urea groups is 1. The Kier molecular flexibility index (Phi) is 7.53. The first-order valence-corrected chi connectivity index (χ1v) is 12.2. The van der Waals surface area contributed by atoms with E-state index in [0.29, 0.717) is 6.04 Å². The molecule has 0 radical (unpaired) electrons. The number of hydrogen-bond acceptors (Lipinski definition) is 3. The zero-order valence-electron chi connectivity index (χ0n) is 18.9. The Balaban J connectivity index is 1.47. The fourth-order valence-corrected chi connectivity index (χ4v) is 5.54. The number of rotatable bonds is 4. The molecule has 0 spiro atoms. The van der Waals surface area contributed by atoms with Crippen LogP contribution in [-0.4, -0.2) is 65.3 Å². The Morgan fingerprint density at radius 2 is 1.87 bits per heavy atom. The van der Waals surface area contributed by atoms with Crippen LogP contribution in [-0.2, 0) is 0 Å². The van der Waals surface area contributed by atoms with Crippen LogP contribution < -0.4 is 5.32 Å². The Bertz CT molecular complexity index is 791. The molecule has 0 bridgehead atoms. The zero-order valence-corrected chi connectivity index (χ0v) is 18.9. The molecule has 5 heteroatoms. The SMILES string of the molecule is CCCC#Cc1ccc([C@@H]2[C@@H](CO)N3CCCCN(C(=O)NC4CCCC4)C[C@@H]23)cc1. The van der Waals surface area contributed by atoms with Crippen molar-refractivity contribution in [2.75, 3.05) is 26.2 Å². The summed E-state index contributed by atoms with van der Waals surface area (Å²) in [6.07, 6.45) is 8.76. The first-order valence-electron chi connectivity index (χ1n) is 12.2. The number of benzene rings is 1. The largest absolute Gasteiger partial charge is 0.395 e. The van der Waals surface area contributed by atoms with Crippen molar-refractivity contribution in [1.29, 1.82) is 0 Å². The quantitative estimate of drug-likeness (QED) is 0.726. The van der Waals surface area contributed by atoms with Gasteiger partial charge >= 0.3 is 6.03 Å². The molecule has 4 rings (SSSR count). The third-order valence-corrected chi connectivity index (χ3v) is 7.24. The van der Waals surface area contributed by atoms with Crippen molar-refractivity contribution in [3.8, 4) is 11.8 Å². The van der Waals surface area contributed by atoms with E-state index in [1.165, 1.54) is 18.4 Å². The minimum Gasteiger partial charge on any atom is -0.395 e. The first kappa shape index (κ1) is 22.2. The molecular formula is C26H37N3O2. The zero-order chi connectivity index (χ0) is 21.6. The van der Waals surface area contributed by atoms with Crippen molar-refractivity contribution >= 4 is 6.03 Å². The van der Waals surface area contributed by atoms with Gasteiger partial charge in [0.2, 0.25) is 0 Å². The maximum absolute atomic E-state index is 13.0. The molecule has 3 atom stereocenters. The van der Waals surface area contributed by atoms with Crippen LogP contribution >= 0.6 is 0 Å². The highest BCUT2D eigenvalue weighted by molar-refractivity contribution is 5.74. The van der Waals surface area contributed by atoms with Gasteiger partial charge in [0.05, 0.1) is 6.61 Å². The Hall–Kier alpha value is -2.03. The molecule has 5 nitrogen and oxygen atoms in total. The number of carbonyl (C=O) groups excluding carboxylic acids is 1. The molecule has 2 amide bonds. The Morgan fingerprint density at radius 1 is 1.13 bits per heavy atom. The number of hydrogen-bond donors (Lipinski definition) is 2. The summed E-state index contributed by atoms with van der Waals surface area (Å²) in [5, 5.41) is 13.4. The minimum atomic E-state index is 0.0986. The Morgan fingerprint density at radius 3 is 2.58 bits per heavy atom. The maximum Gasteiger partial charge on any atom is 0.317 e. The average molecular weight is 424 g/mol. The normalized spacial score (nSPS) is 26.8. The molecule has 31 heavy (non-hydrogen) atoms. The van der Waals surface area contributed by atoms with Gasteiger partial charge in [0, 0.05) is 49.1 Å². The molecule has 1 aliphatic carbocycles. The topological polar surface area (TPSA) is 55.8 Å². The number of aliphatic hydroxyl groups excluding tert-OH is 1. The Labute approximate surface area is 187 Å². The second kappa shape index (κ2) is 10.5. The van der Waals surface area contributed by atoms with Gasteiger partial charge in [-0.25, -0.2) is 4.79 Å². The van der Waals surface area contributed by atoms with E-state index in [9.17, 15) is 9.90 Å². The summed E-state index contributed by atoms with van der Waals surface area (Å²) in [4.78, 5) is 17.4. The minimum absolute atomic E-state index is 0.0986. The molecule has 3 fully saturated rings. The van der Waals surface area contributed by atoms with Gasteiger partial charge in [-0.15, -0.1) is 0 Å². The lowest BCUT2D eigenvalue weighted by Gasteiger charge is -2.57. The molecule has 0 unspecified atom stereocenters. The third-order valence-electron chi connectivity index (χ3n) is 7.24. The van der Waals surface area contributed by atoms with Crippen LogP contribution in [0.3, 0.4) is 0 Å². The number of aliphatic hydroxyl groups is 1. The van der Waals surface area contributed by atoms with Gasteiger partial charge in [0.25, 0.3) is 0 Å². The van der Waals surface area contributed by atoms with E-state index < -0.39 is 0 Å². The van der Waals surface area contributed by atoms with Crippen molar-refractivity contribution in [2.24, 2.45) is 0 Å². The molecule has 168 valence electrons. The summed E-state index contributed by atoms with van der Waals surface area (Å²) in [5.41, 5.74) is 2.29. The van der Waals surface area contributed by atoms with Crippen LogP contribution in [0.4, 0.5) is 4.79 Å². The lowest BCUT2D eigenvalue weighted by atomic mass is 9.74. The van der Waals surface area contributed by atoms with Crippen LogP contribution in [0.2, 0.25) is 0 Å². The molecule has 3 aliphatic rings. The van der Waals surface area contributed by atoms with E-state index in [1.807, 2.05) is 4.90 Å². The summed E-state index contributed by atoms with van der Waals surface area (Å²) in [7, 11) is 0. The smallest absolute Gasteiger partial charge is 0.317 e. The highest BCUT2D eigenvalue weighted by Gasteiger charge is 2.49. The van der Waals surface area contributed by atoms with Gasteiger partial charge in [-0.05, 0) is 56.3 Å². The van der Waals surface area contributed by atoms with Gasteiger partial charge in [0.15, 0.2) is 0 Å². The van der Waals surface area contributed by atoms with E-state index in [-0.39, 0.29) is 30.6 Å². The van der Waals surface area contributed by atoms with Gasteiger partial charge < -0.3 is 15.3 Å². The summed E-state index contributed by atoms with van der Waals surface area (Å²) in [5.74, 6) is 6.69. The van der Waals surface area contributed by atoms with Crippen LogP contribution in [0, 0.1) is 11.8 Å². The molecule has 2 N–H and O–H groups in total. The molecule has 2 heterocycles. The number of amides is 2. The van der Waals surface area contributed by atoms with Gasteiger partial charge in [-0.1, -0.05) is 43.7 Å². The lowest BCUT2D eigenvalue weighted by Crippen LogP contribution is -2.68. The predicted molar refractivity (Wildman–Crippen MR) is 124 cm³/mol. The van der Waals surface area contributed by atoms with Gasteiger partial charge in [-0.3, -0.25) is 4.90 Å². The number of nitrogens with zero attached hydrogens (tertiary/aromatic N) is 2. The summed E-state index contributed by atoms with van der Waals surface area (Å²) >= 11 is 0. The second-order valence-electron chi connectivity index (χ2n) is 9.34. The van der Waals surface area contributed by atoms with Crippen molar-refractivity contribution in [3.63, 3.8) is 0 Å². The lowest BCUT2D eigenvalue weighted by molar-refractivity contribution is -0.0591. The van der Waals surface area contributed by atoms with E-state index in [0.717, 1.165) is 63.7 Å². The monoisotopic (exact) mass is 423 g/mol. The fraction of sp³-hybridized carbons (Fsp3) is 0.654. The van der Waals surface area contributed by atoms with Crippen LogP contribution in [0.15, 0.2) is 24.3 Å². The first-order chi connectivity index (χ1) is 15.2. The van der Waals surface area contributed by atoms with Crippen molar-refractivity contribution in [1.82, 2.24) is 15.1 Å². The van der Waals surface area contributed by atoms with Gasteiger partial charge in [-0.2, -0.15) is 0 Å². The summed E-state index contributed by atoms with van der Waals surface area (Å²) in [6.45, 7) is 4.86. The standard InChI is InChI=1S/C26H37N3O2/c1-2-3-4-9-20-12-14-21(15-13-20)25-23-18-28(26(31)27-22-10-5-6-11-22)16-7-8-17-29(23)24(25)19-30/h12-15,22-25,30H,2-3,5-8,10-11,16-19H2,1H3,(H,27,31)/t23-,24+,25-/m0/s1. The number of unbranched alkanes of at least 4 members (excludes halogenated alkanes) is 1. The predicted octanol–water partition coefficient (Wildman–Crippen LogP) is 3.71. The molecule has 2 saturated heterocycles. The summed E-state index contributed by atoms with van der Waals surface area (Å²) < 4.78 is 0. The van der Waals surface area contributed by atoms with Crippen molar-refractivity contribution in [2.45, 2.75) is 82.3 Å². The molecule has 1 aromatic carbocycles. The maximum atomic E-state index is 13.0. The third kappa shape index (κ3) is 5.07. The molecule has 0 aromatic heterocycles. The highest BCUT2D eigenvalue weighted by Crippen LogP contribution is 2.42. The number of nitrogens with one attached hydrogen (secondary N) is 1. The van der Waals surface area contributed by atoms with E-state index >= 15 is 0 Å². The summed E-state index contributed by atoms with van der Waals surface area (Å²) in [6, 6.07) is 9.39. The second-order valence-corrected chi connectivity index (χ2v) is 9.34. The van der Waals surface area contributed by atoms with Gasteiger partial charge in [0.1, 0.15) is 0 Å². The van der Waals surface area contributed by atoms with Crippen LogP contribution in [0.25, 0.3) is 0 Å². The van der Waals surface area contributed by atoms with Crippen LogP contribution in [0.5, 0.6) is 0 Å². The molecule has 1 saturated carbocycles. The van der Waals surface area contributed by atoms with Crippen molar-refractivity contribution < 1.29 is 9.90 Å². The van der Waals surface area contributed by atoms with Crippen molar-refractivity contribution in [3.05, 3.63) is 35.4 Å². The molecule has 2 aliphatic heterocycles. The number of carbonyl (C=O) groups is 1. The highest BCUT2D eigenvalue weighted by atomic mass is 16.3. The van der Waals surface area contributed by atoms with E-state index in [2.05, 4.69) is 53.2 Å². The van der Waals surface area contributed by atoms with E-state index in [4.69, 9.17) is 0 Å². The molecule has 1 aromatic rings. The average Bonchev–Trinajstić information content (AvgIpc) is 3.27. The fourth-order valence-electron chi connectivity index (χ4n) is 5.54. The van der Waals surface area contributed by atoms with E-state index in [1.54, 1.807) is 0 Å². The number of fused-ring (bicyclic) bond motifs is 1. The molecular weight excluding hydrogens is 386 g/mol. The van der Waals surface area contributed by atoms with Crippen LogP contribution in [0.1, 0.15) is 75.3 Å².